The van der Waals surface area contributed by atoms with Gasteiger partial charge in [0, 0.05) is 12.6 Å². The Morgan fingerprint density at radius 1 is 1.03 bits per heavy atom. The smallest absolute Gasteiger partial charge is 0.235 e. The van der Waals surface area contributed by atoms with Gasteiger partial charge in [-0.1, -0.05) is 12.5 Å². The van der Waals surface area contributed by atoms with Crippen molar-refractivity contribution in [3.8, 4) is 17.2 Å². The zero-order chi connectivity index (χ0) is 21.8. The number of aliphatic hydroxyl groups is 1. The molecule has 6 heteroatoms. The highest BCUT2D eigenvalue weighted by Gasteiger charge is 2.16. The summed E-state index contributed by atoms with van der Waals surface area (Å²) in [5.74, 6) is 1.30. The SMILES string of the molecule is Cc1cc(C)cc(Oc2coc3cc(OC[C@@H](O)CN4CCCCC4)ccc3c2=O)c1. The number of piperidine rings is 1. The van der Waals surface area contributed by atoms with Gasteiger partial charge in [0.1, 0.15) is 36.1 Å². The minimum absolute atomic E-state index is 0.142. The zero-order valence-corrected chi connectivity index (χ0v) is 18.1. The van der Waals surface area contributed by atoms with E-state index in [9.17, 15) is 9.90 Å². The van der Waals surface area contributed by atoms with Gasteiger partial charge in [-0.05, 0) is 75.2 Å². The van der Waals surface area contributed by atoms with E-state index in [-0.39, 0.29) is 17.8 Å². The Hall–Kier alpha value is -2.83. The van der Waals surface area contributed by atoms with E-state index < -0.39 is 6.10 Å². The molecule has 1 saturated heterocycles. The average Bonchev–Trinajstić information content (AvgIpc) is 2.74. The molecule has 1 aromatic heterocycles. The van der Waals surface area contributed by atoms with Crippen LogP contribution >= 0.6 is 0 Å². The van der Waals surface area contributed by atoms with E-state index in [4.69, 9.17) is 13.9 Å². The van der Waals surface area contributed by atoms with Crippen LogP contribution in [0.4, 0.5) is 0 Å². The predicted octanol–water partition coefficient (Wildman–Crippen LogP) is 4.43. The van der Waals surface area contributed by atoms with Crippen molar-refractivity contribution < 1.29 is 19.0 Å². The van der Waals surface area contributed by atoms with Crippen LogP contribution < -0.4 is 14.9 Å². The number of β-amino-alcohol motifs (C(OH)–C–C–N with tert-alkyl or cyclic N) is 1. The number of aryl methyl sites for hydroxylation is 2. The molecule has 1 atom stereocenters. The molecule has 0 unspecified atom stereocenters. The molecule has 0 radical (unpaired) electrons. The maximum absolute atomic E-state index is 12.8. The van der Waals surface area contributed by atoms with Gasteiger partial charge in [-0.2, -0.15) is 0 Å². The number of aliphatic hydroxyl groups excluding tert-OH is 1. The fourth-order valence-corrected chi connectivity index (χ4v) is 4.06. The first-order chi connectivity index (χ1) is 15.0. The highest BCUT2D eigenvalue weighted by molar-refractivity contribution is 5.79. The first-order valence-electron chi connectivity index (χ1n) is 10.8. The summed E-state index contributed by atoms with van der Waals surface area (Å²) < 4.78 is 17.2. The van der Waals surface area contributed by atoms with Crippen molar-refractivity contribution >= 4 is 11.0 Å². The number of fused-ring (bicyclic) bond motifs is 1. The molecule has 0 bridgehead atoms. The number of hydrogen-bond acceptors (Lipinski definition) is 6. The minimum Gasteiger partial charge on any atom is -0.491 e. The molecular weight excluding hydrogens is 394 g/mol. The molecule has 1 N–H and O–H groups in total. The van der Waals surface area contributed by atoms with E-state index in [1.165, 1.54) is 25.5 Å². The third-order valence-corrected chi connectivity index (χ3v) is 5.50. The second kappa shape index (κ2) is 9.54. The number of nitrogens with zero attached hydrogens (tertiary/aromatic N) is 1. The quantitative estimate of drug-likeness (QED) is 0.606. The first kappa shape index (κ1) is 21.4. The van der Waals surface area contributed by atoms with Crippen LogP contribution in [0.2, 0.25) is 0 Å². The normalized spacial score (nSPS) is 15.7. The Bertz CT molecular complexity index is 1080. The van der Waals surface area contributed by atoms with Gasteiger partial charge in [-0.3, -0.25) is 4.79 Å². The third-order valence-electron chi connectivity index (χ3n) is 5.50. The molecule has 3 aromatic rings. The van der Waals surface area contributed by atoms with Crippen molar-refractivity contribution in [2.45, 2.75) is 39.2 Å². The summed E-state index contributed by atoms with van der Waals surface area (Å²) in [6.07, 6.45) is 4.41. The Morgan fingerprint density at radius 2 is 1.77 bits per heavy atom. The maximum atomic E-state index is 12.8. The van der Waals surface area contributed by atoms with E-state index in [1.807, 2.05) is 32.0 Å². The molecule has 1 fully saturated rings. The molecule has 164 valence electrons. The first-order valence-corrected chi connectivity index (χ1v) is 10.8. The number of ether oxygens (including phenoxy) is 2. The molecule has 1 aliphatic rings. The average molecular weight is 424 g/mol. The van der Waals surface area contributed by atoms with E-state index in [1.54, 1.807) is 18.2 Å². The minimum atomic E-state index is -0.561. The van der Waals surface area contributed by atoms with Gasteiger partial charge < -0.3 is 23.9 Å². The number of rotatable bonds is 7. The van der Waals surface area contributed by atoms with Gasteiger partial charge >= 0.3 is 0 Å². The maximum Gasteiger partial charge on any atom is 0.235 e. The van der Waals surface area contributed by atoms with Gasteiger partial charge in [0.25, 0.3) is 0 Å². The second-order valence-corrected chi connectivity index (χ2v) is 8.34. The Balaban J connectivity index is 1.43. The topological polar surface area (TPSA) is 72.1 Å². The zero-order valence-electron chi connectivity index (χ0n) is 18.1. The highest BCUT2D eigenvalue weighted by Crippen LogP contribution is 2.25. The van der Waals surface area contributed by atoms with Gasteiger partial charge in [0.2, 0.25) is 11.2 Å². The fourth-order valence-electron chi connectivity index (χ4n) is 4.06. The molecule has 2 heterocycles. The van der Waals surface area contributed by atoms with Crippen LogP contribution in [0.5, 0.6) is 17.2 Å². The predicted molar refractivity (Wildman–Crippen MR) is 120 cm³/mol. The van der Waals surface area contributed by atoms with Crippen LogP contribution in [0, 0.1) is 13.8 Å². The number of benzene rings is 2. The summed E-state index contributed by atoms with van der Waals surface area (Å²) in [5.41, 5.74) is 2.30. The molecule has 0 amide bonds. The molecule has 2 aromatic carbocycles. The van der Waals surface area contributed by atoms with Crippen molar-refractivity contribution in [2.24, 2.45) is 0 Å². The molecule has 0 spiro atoms. The van der Waals surface area contributed by atoms with E-state index in [0.717, 1.165) is 24.2 Å². The molecule has 0 saturated carbocycles. The summed E-state index contributed by atoms with van der Waals surface area (Å²) >= 11 is 0. The van der Waals surface area contributed by atoms with Crippen LogP contribution in [0.15, 0.2) is 51.9 Å². The highest BCUT2D eigenvalue weighted by atomic mass is 16.5. The van der Waals surface area contributed by atoms with Gasteiger partial charge in [0.05, 0.1) is 5.39 Å². The number of likely N-dealkylation sites (tertiary alicyclic amines) is 1. The van der Waals surface area contributed by atoms with E-state index >= 15 is 0 Å². The Morgan fingerprint density at radius 3 is 2.52 bits per heavy atom. The molecule has 4 rings (SSSR count). The summed E-state index contributed by atoms with van der Waals surface area (Å²) in [5, 5.41) is 10.7. The van der Waals surface area contributed by atoms with Crippen LogP contribution in [0.25, 0.3) is 11.0 Å². The standard InChI is InChI=1S/C25H29NO5/c1-17-10-18(2)12-21(11-17)31-24-16-30-23-13-20(6-7-22(23)25(24)28)29-15-19(27)14-26-8-4-3-5-9-26/h6-7,10-13,16,19,27H,3-5,8-9,14-15H2,1-2H3/t19-/m0/s1. The van der Waals surface area contributed by atoms with Gasteiger partial charge in [-0.15, -0.1) is 0 Å². The lowest BCUT2D eigenvalue weighted by Crippen LogP contribution is -2.38. The second-order valence-electron chi connectivity index (χ2n) is 8.34. The molecular formula is C25H29NO5. The van der Waals surface area contributed by atoms with Gasteiger partial charge in [-0.25, -0.2) is 0 Å². The summed E-state index contributed by atoms with van der Waals surface area (Å²) in [4.78, 5) is 15.1. The summed E-state index contributed by atoms with van der Waals surface area (Å²) in [6.45, 7) is 6.83. The van der Waals surface area contributed by atoms with E-state index in [0.29, 0.717) is 29.0 Å². The Kier molecular flexibility index (Phi) is 6.59. The summed E-state index contributed by atoms with van der Waals surface area (Å²) in [7, 11) is 0. The van der Waals surface area contributed by atoms with Crippen molar-refractivity contribution in [1.82, 2.24) is 4.90 Å². The van der Waals surface area contributed by atoms with Gasteiger partial charge in [0.15, 0.2) is 0 Å². The van der Waals surface area contributed by atoms with Crippen LogP contribution in [-0.2, 0) is 0 Å². The van der Waals surface area contributed by atoms with E-state index in [2.05, 4.69) is 4.90 Å². The van der Waals surface area contributed by atoms with Crippen molar-refractivity contribution in [2.75, 3.05) is 26.2 Å². The molecule has 1 aliphatic heterocycles. The van der Waals surface area contributed by atoms with Crippen LogP contribution in [0.1, 0.15) is 30.4 Å². The lowest BCUT2D eigenvalue weighted by Gasteiger charge is -2.28. The molecule has 31 heavy (non-hydrogen) atoms. The lowest BCUT2D eigenvalue weighted by atomic mass is 10.1. The van der Waals surface area contributed by atoms with Crippen molar-refractivity contribution in [3.63, 3.8) is 0 Å². The monoisotopic (exact) mass is 423 g/mol. The third kappa shape index (κ3) is 5.46. The summed E-state index contributed by atoms with van der Waals surface area (Å²) in [6, 6.07) is 10.9. The molecule has 6 nitrogen and oxygen atoms in total. The van der Waals surface area contributed by atoms with Crippen LogP contribution in [0.3, 0.4) is 0 Å². The largest absolute Gasteiger partial charge is 0.491 e. The molecule has 0 aliphatic carbocycles. The fraction of sp³-hybridized carbons (Fsp3) is 0.400. The van der Waals surface area contributed by atoms with Crippen LogP contribution in [-0.4, -0.2) is 42.4 Å². The van der Waals surface area contributed by atoms with Crippen molar-refractivity contribution in [1.29, 1.82) is 0 Å². The lowest BCUT2D eigenvalue weighted by molar-refractivity contribution is 0.0617. The number of hydrogen-bond donors (Lipinski definition) is 1. The Labute approximate surface area is 182 Å². The van der Waals surface area contributed by atoms with Crippen molar-refractivity contribution in [3.05, 3.63) is 64.0 Å².